The summed E-state index contributed by atoms with van der Waals surface area (Å²) in [6, 6.07) is 6.46. The van der Waals surface area contributed by atoms with Crippen LogP contribution in [0.2, 0.25) is 5.02 Å². The minimum Gasteiger partial charge on any atom is -0.314 e. The first-order valence-electron chi connectivity index (χ1n) is 5.51. The van der Waals surface area contributed by atoms with Gasteiger partial charge in [-0.25, -0.2) is 9.78 Å². The molecule has 0 saturated heterocycles. The van der Waals surface area contributed by atoms with E-state index in [4.69, 9.17) is 11.6 Å². The third-order valence-corrected chi connectivity index (χ3v) is 2.84. The van der Waals surface area contributed by atoms with Gasteiger partial charge in [-0.05, 0) is 18.2 Å². The molecule has 2 amide bonds. The van der Waals surface area contributed by atoms with E-state index in [9.17, 15) is 4.79 Å². The predicted octanol–water partition coefficient (Wildman–Crippen LogP) is 1.54. The normalized spacial score (nSPS) is 10.2. The molecule has 1 aromatic heterocycles. The molecule has 0 aliphatic heterocycles. The number of hydrogen-bond donors (Lipinski definition) is 2. The fourth-order valence-corrected chi connectivity index (χ4v) is 1.72. The summed E-state index contributed by atoms with van der Waals surface area (Å²) >= 11 is 5.83. The van der Waals surface area contributed by atoms with E-state index in [1.54, 1.807) is 35.9 Å². The van der Waals surface area contributed by atoms with Crippen molar-refractivity contribution in [2.75, 3.05) is 10.6 Å². The number of carbonyl (C=O) groups is 1. The van der Waals surface area contributed by atoms with E-state index in [-0.39, 0.29) is 0 Å². The van der Waals surface area contributed by atoms with Gasteiger partial charge in [0.15, 0.2) is 0 Å². The second-order valence-corrected chi connectivity index (χ2v) is 4.41. The molecule has 0 aliphatic carbocycles. The molecule has 0 radical (unpaired) electrons. The van der Waals surface area contributed by atoms with Crippen molar-refractivity contribution in [3.8, 4) is 0 Å². The molecule has 0 bridgehead atoms. The number of aromatic nitrogens is 2. The Labute approximate surface area is 115 Å². The highest BCUT2D eigenvalue weighted by atomic mass is 35.5. The minimum atomic E-state index is -0.407. The lowest BCUT2D eigenvalue weighted by Crippen LogP contribution is -2.26. The maximum absolute atomic E-state index is 11.8. The van der Waals surface area contributed by atoms with Crippen LogP contribution in [0.1, 0.15) is 0 Å². The van der Waals surface area contributed by atoms with Gasteiger partial charge in [0.25, 0.3) is 0 Å². The zero-order valence-electron chi connectivity index (χ0n) is 10.4. The number of rotatable bonds is 2. The molecule has 0 unspecified atom stereocenters. The van der Waals surface area contributed by atoms with E-state index in [0.29, 0.717) is 27.4 Å². The average molecular weight is 277 g/mol. The van der Waals surface area contributed by atoms with Gasteiger partial charge in [-0.3, -0.25) is 5.32 Å². The topological polar surface area (TPSA) is 59.0 Å². The highest BCUT2D eigenvalue weighted by Gasteiger charge is 2.07. The van der Waals surface area contributed by atoms with E-state index in [1.165, 1.54) is 0 Å². The molecule has 0 spiro atoms. The molecule has 5 nitrogen and oxygen atoms in total. The van der Waals surface area contributed by atoms with E-state index < -0.39 is 6.03 Å². The summed E-state index contributed by atoms with van der Waals surface area (Å²) in [5, 5.41) is 7.01. The van der Waals surface area contributed by atoms with Crippen LogP contribution in [0.25, 0.3) is 13.2 Å². The van der Waals surface area contributed by atoms with Gasteiger partial charge in [-0.15, -0.1) is 0 Å². The fourth-order valence-electron chi connectivity index (χ4n) is 1.53. The molecule has 1 heterocycles. The summed E-state index contributed by atoms with van der Waals surface area (Å²) in [6.07, 6.45) is 0. The molecular formula is C13H13ClN4O. The first kappa shape index (κ1) is 13.2. The molecule has 2 N–H and O–H groups in total. The van der Waals surface area contributed by atoms with E-state index in [2.05, 4.69) is 28.8 Å². The Morgan fingerprint density at radius 3 is 2.68 bits per heavy atom. The summed E-state index contributed by atoms with van der Waals surface area (Å²) in [5.41, 5.74) is 0.601. The molecule has 0 fully saturated rings. The predicted molar refractivity (Wildman–Crippen MR) is 77.6 cm³/mol. The summed E-state index contributed by atoms with van der Waals surface area (Å²) in [5.74, 6) is 0.384. The molecule has 0 aliphatic rings. The smallest absolute Gasteiger partial charge is 0.314 e. The molecule has 2 aromatic rings. The lowest BCUT2D eigenvalue weighted by molar-refractivity contribution is 0.262. The van der Waals surface area contributed by atoms with Gasteiger partial charge < -0.3 is 9.88 Å². The first-order chi connectivity index (χ1) is 8.97. The van der Waals surface area contributed by atoms with E-state index >= 15 is 0 Å². The first-order valence-corrected chi connectivity index (χ1v) is 5.89. The average Bonchev–Trinajstić information content (AvgIpc) is 2.57. The van der Waals surface area contributed by atoms with Crippen LogP contribution in [-0.2, 0) is 7.05 Å². The maximum atomic E-state index is 11.8. The van der Waals surface area contributed by atoms with Crippen LogP contribution in [-0.4, -0.2) is 15.6 Å². The summed E-state index contributed by atoms with van der Waals surface area (Å²) < 4.78 is 1.65. The van der Waals surface area contributed by atoms with Crippen molar-refractivity contribution in [1.29, 1.82) is 0 Å². The largest absolute Gasteiger partial charge is 0.326 e. The van der Waals surface area contributed by atoms with Crippen molar-refractivity contribution in [2.24, 2.45) is 7.05 Å². The third kappa shape index (κ3) is 2.95. The minimum absolute atomic E-state index is 0.384. The lowest BCUT2D eigenvalue weighted by atomic mass is 10.3. The molecule has 6 heteroatoms. The highest BCUT2D eigenvalue weighted by molar-refractivity contribution is 6.30. The van der Waals surface area contributed by atoms with Gasteiger partial charge in [0.2, 0.25) is 5.95 Å². The third-order valence-electron chi connectivity index (χ3n) is 2.60. The summed E-state index contributed by atoms with van der Waals surface area (Å²) in [7, 11) is 1.75. The number of benzene rings is 1. The Morgan fingerprint density at radius 2 is 2.11 bits per heavy atom. The number of urea groups is 1. The number of halogens is 1. The number of carbonyl (C=O) groups excluding carboxylic acids is 1. The second-order valence-electron chi connectivity index (χ2n) is 3.98. The van der Waals surface area contributed by atoms with Crippen LogP contribution < -0.4 is 21.3 Å². The number of amides is 2. The second kappa shape index (κ2) is 5.16. The number of nitrogens with zero attached hydrogens (tertiary/aromatic N) is 2. The Balaban J connectivity index is 2.12. The molecule has 0 saturated carbocycles. The number of hydrogen-bond acceptors (Lipinski definition) is 2. The van der Waals surface area contributed by atoms with Gasteiger partial charge in [-0.2, -0.15) is 0 Å². The fraction of sp³-hybridized carbons (Fsp3) is 0.0769. The Kier molecular flexibility index (Phi) is 3.57. The molecule has 0 atom stereocenters. The van der Waals surface area contributed by atoms with Crippen LogP contribution in [0.15, 0.2) is 24.3 Å². The van der Waals surface area contributed by atoms with Gasteiger partial charge in [-0.1, -0.05) is 30.8 Å². The van der Waals surface area contributed by atoms with Gasteiger partial charge >= 0.3 is 6.03 Å². The number of imidazole rings is 1. The van der Waals surface area contributed by atoms with Crippen LogP contribution in [0.4, 0.5) is 16.4 Å². The molecular weight excluding hydrogens is 264 g/mol. The molecule has 19 heavy (non-hydrogen) atoms. The number of nitrogens with one attached hydrogen (secondary N) is 2. The van der Waals surface area contributed by atoms with Crippen LogP contribution >= 0.6 is 11.6 Å². The Bertz CT molecular complexity index is 723. The van der Waals surface area contributed by atoms with Crippen molar-refractivity contribution in [1.82, 2.24) is 9.55 Å². The molecule has 1 aromatic carbocycles. The van der Waals surface area contributed by atoms with Crippen molar-refractivity contribution in [2.45, 2.75) is 0 Å². The standard InChI is InChI=1S/C13H13ClN4O/c1-8-9(2)18(3)12(15-8)17-13(19)16-11-6-4-5-10(14)7-11/h4-7H,1-2H2,3H3,(H2,15,16,17,19). The van der Waals surface area contributed by atoms with Gasteiger partial charge in [0, 0.05) is 17.8 Å². The molecule has 2 rings (SSSR count). The maximum Gasteiger partial charge on any atom is 0.326 e. The monoisotopic (exact) mass is 276 g/mol. The zero-order valence-corrected chi connectivity index (χ0v) is 11.2. The zero-order chi connectivity index (χ0) is 14.0. The SMILES string of the molecule is C=c1nc(NC(=O)Nc2cccc(Cl)c2)n(C)c1=C. The number of anilines is 2. The Morgan fingerprint density at radius 1 is 1.37 bits per heavy atom. The van der Waals surface area contributed by atoms with Crippen LogP contribution in [0.3, 0.4) is 0 Å². The highest BCUT2D eigenvalue weighted by Crippen LogP contribution is 2.14. The van der Waals surface area contributed by atoms with Gasteiger partial charge in [0.05, 0.1) is 10.7 Å². The lowest BCUT2D eigenvalue weighted by Gasteiger charge is -2.07. The van der Waals surface area contributed by atoms with Crippen molar-refractivity contribution in [3.05, 3.63) is 40.0 Å². The van der Waals surface area contributed by atoms with Crippen molar-refractivity contribution in [3.63, 3.8) is 0 Å². The van der Waals surface area contributed by atoms with Crippen molar-refractivity contribution < 1.29 is 4.79 Å². The van der Waals surface area contributed by atoms with E-state index in [1.807, 2.05) is 0 Å². The summed E-state index contributed by atoms with van der Waals surface area (Å²) in [6.45, 7) is 7.51. The molecule has 98 valence electrons. The van der Waals surface area contributed by atoms with Gasteiger partial charge in [0.1, 0.15) is 0 Å². The quantitative estimate of drug-likeness (QED) is 0.874. The summed E-state index contributed by atoms with van der Waals surface area (Å²) in [4.78, 5) is 15.9. The van der Waals surface area contributed by atoms with E-state index in [0.717, 1.165) is 0 Å². The Hall–Kier alpha value is -2.27. The van der Waals surface area contributed by atoms with Crippen molar-refractivity contribution >= 4 is 42.4 Å². The van der Waals surface area contributed by atoms with Crippen LogP contribution in [0.5, 0.6) is 0 Å². The van der Waals surface area contributed by atoms with Crippen LogP contribution in [0, 0.1) is 0 Å².